The maximum atomic E-state index is 5.76. The van der Waals surface area contributed by atoms with Crippen LogP contribution in [0.3, 0.4) is 0 Å². The highest BCUT2D eigenvalue weighted by atomic mass is 15.0. The molecule has 0 unspecified atom stereocenters. The normalized spacial score (nSPS) is 11.7. The number of anilines is 2. The Morgan fingerprint density at radius 3 is 2.78 bits per heavy atom. The summed E-state index contributed by atoms with van der Waals surface area (Å²) < 4.78 is 0. The Morgan fingerprint density at radius 2 is 2.06 bits per heavy atom. The Balaban J connectivity index is 2.29. The minimum Gasteiger partial charge on any atom is -0.399 e. The predicted octanol–water partition coefficient (Wildman–Crippen LogP) is 3.06. The molecule has 18 heavy (non-hydrogen) atoms. The summed E-state index contributed by atoms with van der Waals surface area (Å²) in [5.41, 5.74) is 7.61. The van der Waals surface area contributed by atoms with Gasteiger partial charge in [0.25, 0.3) is 0 Å². The van der Waals surface area contributed by atoms with Crippen LogP contribution in [-0.2, 0) is 0 Å². The number of nitrogens with one attached hydrogen (secondary N) is 1. The first kappa shape index (κ1) is 12.6. The average Bonchev–Trinajstić information content (AvgIpc) is 2.36. The zero-order valence-electron chi connectivity index (χ0n) is 11.2. The van der Waals surface area contributed by atoms with E-state index in [1.807, 2.05) is 18.2 Å². The van der Waals surface area contributed by atoms with Gasteiger partial charge in [0.1, 0.15) is 12.1 Å². The molecule has 0 spiro atoms. The van der Waals surface area contributed by atoms with Crippen molar-refractivity contribution >= 4 is 22.4 Å². The van der Waals surface area contributed by atoms with Crippen molar-refractivity contribution in [3.05, 3.63) is 24.5 Å². The standard InChI is InChI=1S/C14H20N4/c1-4-14(2,3)8-16-13-11-6-5-10(15)7-12(11)17-9-18-13/h5-7,9H,4,8,15H2,1-3H3,(H,16,17,18). The lowest BCUT2D eigenvalue weighted by Gasteiger charge is -2.23. The topological polar surface area (TPSA) is 63.8 Å². The summed E-state index contributed by atoms with van der Waals surface area (Å²) in [4.78, 5) is 8.55. The summed E-state index contributed by atoms with van der Waals surface area (Å²) in [6, 6.07) is 5.71. The van der Waals surface area contributed by atoms with Gasteiger partial charge in [-0.25, -0.2) is 9.97 Å². The van der Waals surface area contributed by atoms with E-state index < -0.39 is 0 Å². The number of hydrogen-bond acceptors (Lipinski definition) is 4. The molecule has 4 heteroatoms. The lowest BCUT2D eigenvalue weighted by Crippen LogP contribution is -2.22. The summed E-state index contributed by atoms with van der Waals surface area (Å²) in [5, 5.41) is 4.42. The molecule has 1 aromatic heterocycles. The third-order valence-electron chi connectivity index (χ3n) is 3.35. The summed E-state index contributed by atoms with van der Waals surface area (Å²) in [6.07, 6.45) is 2.69. The number of aromatic nitrogens is 2. The van der Waals surface area contributed by atoms with E-state index in [0.29, 0.717) is 0 Å². The van der Waals surface area contributed by atoms with Crippen molar-refractivity contribution in [2.24, 2.45) is 5.41 Å². The molecular weight excluding hydrogens is 224 g/mol. The van der Waals surface area contributed by atoms with Crippen molar-refractivity contribution in [2.75, 3.05) is 17.6 Å². The van der Waals surface area contributed by atoms with Crippen molar-refractivity contribution in [2.45, 2.75) is 27.2 Å². The molecule has 0 saturated carbocycles. The number of benzene rings is 1. The van der Waals surface area contributed by atoms with Gasteiger partial charge >= 0.3 is 0 Å². The molecular formula is C14H20N4. The van der Waals surface area contributed by atoms with E-state index in [1.165, 1.54) is 0 Å². The predicted molar refractivity (Wildman–Crippen MR) is 76.5 cm³/mol. The second-order valence-corrected chi connectivity index (χ2v) is 5.37. The Hall–Kier alpha value is -1.84. The number of nitrogen functional groups attached to an aromatic ring is 1. The monoisotopic (exact) mass is 244 g/mol. The Bertz CT molecular complexity index is 548. The second kappa shape index (κ2) is 4.80. The summed E-state index contributed by atoms with van der Waals surface area (Å²) in [7, 11) is 0. The lowest BCUT2D eigenvalue weighted by molar-refractivity contribution is 0.376. The fraction of sp³-hybridized carbons (Fsp3) is 0.429. The van der Waals surface area contributed by atoms with Crippen LogP contribution < -0.4 is 11.1 Å². The largest absolute Gasteiger partial charge is 0.399 e. The van der Waals surface area contributed by atoms with Crippen LogP contribution in [0.25, 0.3) is 10.9 Å². The van der Waals surface area contributed by atoms with Gasteiger partial charge in [0, 0.05) is 17.6 Å². The van der Waals surface area contributed by atoms with Crippen LogP contribution in [0.15, 0.2) is 24.5 Å². The Morgan fingerprint density at radius 1 is 1.28 bits per heavy atom. The van der Waals surface area contributed by atoms with E-state index in [0.717, 1.165) is 35.4 Å². The maximum Gasteiger partial charge on any atom is 0.137 e. The molecule has 4 nitrogen and oxygen atoms in total. The smallest absolute Gasteiger partial charge is 0.137 e. The van der Waals surface area contributed by atoms with Crippen LogP contribution in [0.4, 0.5) is 11.5 Å². The highest BCUT2D eigenvalue weighted by Crippen LogP contribution is 2.24. The average molecular weight is 244 g/mol. The lowest BCUT2D eigenvalue weighted by atomic mass is 9.90. The van der Waals surface area contributed by atoms with Crippen LogP contribution in [0, 0.1) is 5.41 Å². The molecule has 0 fully saturated rings. The van der Waals surface area contributed by atoms with E-state index in [2.05, 4.69) is 36.1 Å². The van der Waals surface area contributed by atoms with Crippen molar-refractivity contribution in [1.29, 1.82) is 0 Å². The second-order valence-electron chi connectivity index (χ2n) is 5.37. The van der Waals surface area contributed by atoms with Crippen LogP contribution in [0.5, 0.6) is 0 Å². The SMILES string of the molecule is CCC(C)(C)CNc1ncnc2cc(N)ccc12. The van der Waals surface area contributed by atoms with Crippen LogP contribution >= 0.6 is 0 Å². The number of fused-ring (bicyclic) bond motifs is 1. The van der Waals surface area contributed by atoms with Gasteiger partial charge in [-0.3, -0.25) is 0 Å². The van der Waals surface area contributed by atoms with E-state index >= 15 is 0 Å². The number of nitrogens with two attached hydrogens (primary N) is 1. The summed E-state index contributed by atoms with van der Waals surface area (Å²) in [5.74, 6) is 0.876. The molecule has 1 heterocycles. The molecule has 0 aliphatic rings. The van der Waals surface area contributed by atoms with E-state index in [1.54, 1.807) is 6.33 Å². The highest BCUT2D eigenvalue weighted by molar-refractivity contribution is 5.90. The molecule has 2 rings (SSSR count). The number of hydrogen-bond donors (Lipinski definition) is 2. The maximum absolute atomic E-state index is 5.76. The zero-order chi connectivity index (χ0) is 13.2. The fourth-order valence-electron chi connectivity index (χ4n) is 1.66. The van der Waals surface area contributed by atoms with Crippen molar-refractivity contribution in [3.63, 3.8) is 0 Å². The summed E-state index contributed by atoms with van der Waals surface area (Å²) in [6.45, 7) is 7.56. The molecule has 3 N–H and O–H groups in total. The van der Waals surface area contributed by atoms with E-state index in [4.69, 9.17) is 5.73 Å². The molecule has 96 valence electrons. The molecule has 0 amide bonds. The number of rotatable bonds is 4. The molecule has 0 bridgehead atoms. The Kier molecular flexibility index (Phi) is 3.36. The first-order chi connectivity index (χ1) is 8.52. The van der Waals surface area contributed by atoms with Gasteiger partial charge in [-0.1, -0.05) is 20.8 Å². The molecule has 0 aliphatic carbocycles. The molecule has 1 aromatic carbocycles. The highest BCUT2D eigenvalue weighted by Gasteiger charge is 2.15. The van der Waals surface area contributed by atoms with Crippen molar-refractivity contribution in [1.82, 2.24) is 9.97 Å². The minimum atomic E-state index is 0.255. The first-order valence-electron chi connectivity index (χ1n) is 6.26. The van der Waals surface area contributed by atoms with Gasteiger partial charge in [-0.15, -0.1) is 0 Å². The Labute approximate surface area is 108 Å². The van der Waals surface area contributed by atoms with Gasteiger partial charge in [-0.05, 0) is 30.0 Å². The fourth-order valence-corrected chi connectivity index (χ4v) is 1.66. The van der Waals surface area contributed by atoms with Gasteiger partial charge < -0.3 is 11.1 Å². The van der Waals surface area contributed by atoms with Crippen LogP contribution in [-0.4, -0.2) is 16.5 Å². The van der Waals surface area contributed by atoms with Crippen LogP contribution in [0.1, 0.15) is 27.2 Å². The summed E-state index contributed by atoms with van der Waals surface area (Å²) >= 11 is 0. The van der Waals surface area contributed by atoms with E-state index in [-0.39, 0.29) is 5.41 Å². The van der Waals surface area contributed by atoms with Gasteiger partial charge in [0.2, 0.25) is 0 Å². The quantitative estimate of drug-likeness (QED) is 0.811. The molecule has 0 saturated heterocycles. The van der Waals surface area contributed by atoms with Gasteiger partial charge in [-0.2, -0.15) is 0 Å². The molecule has 0 radical (unpaired) electrons. The third-order valence-corrected chi connectivity index (χ3v) is 3.35. The minimum absolute atomic E-state index is 0.255. The van der Waals surface area contributed by atoms with Crippen molar-refractivity contribution in [3.8, 4) is 0 Å². The van der Waals surface area contributed by atoms with Gasteiger partial charge in [0.15, 0.2) is 0 Å². The van der Waals surface area contributed by atoms with Crippen molar-refractivity contribution < 1.29 is 0 Å². The molecule has 0 aliphatic heterocycles. The third kappa shape index (κ3) is 2.70. The molecule has 2 aromatic rings. The first-order valence-corrected chi connectivity index (χ1v) is 6.26. The van der Waals surface area contributed by atoms with Crippen LogP contribution in [0.2, 0.25) is 0 Å². The van der Waals surface area contributed by atoms with Gasteiger partial charge in [0.05, 0.1) is 5.52 Å². The zero-order valence-corrected chi connectivity index (χ0v) is 11.2. The molecule has 0 atom stereocenters. The number of nitrogens with zero attached hydrogens (tertiary/aromatic N) is 2. The van der Waals surface area contributed by atoms with E-state index in [9.17, 15) is 0 Å².